The van der Waals surface area contributed by atoms with Crippen molar-refractivity contribution in [2.75, 3.05) is 11.9 Å². The predicted molar refractivity (Wildman–Crippen MR) is 78.1 cm³/mol. The lowest BCUT2D eigenvalue weighted by Crippen LogP contribution is -2.10. The van der Waals surface area contributed by atoms with Crippen LogP contribution in [0.4, 0.5) is 11.4 Å². The summed E-state index contributed by atoms with van der Waals surface area (Å²) in [6, 6.07) is 14.9. The first-order valence-electron chi connectivity index (χ1n) is 5.64. The van der Waals surface area contributed by atoms with Crippen molar-refractivity contribution in [3.05, 3.63) is 58.1 Å². The zero-order valence-corrected chi connectivity index (χ0v) is 12.0. The van der Waals surface area contributed by atoms with Gasteiger partial charge in [0.15, 0.2) is 0 Å². The molecule has 0 radical (unpaired) electrons. The fraction of sp³-hybridized carbons (Fsp3) is 0.200. The van der Waals surface area contributed by atoms with Gasteiger partial charge < -0.3 is 4.90 Å². The van der Waals surface area contributed by atoms with E-state index in [0.29, 0.717) is 0 Å². The Balaban J connectivity index is 2.43. The lowest BCUT2D eigenvalue weighted by atomic mass is 10.1. The minimum atomic E-state index is 1.11. The van der Waals surface area contributed by atoms with E-state index in [4.69, 9.17) is 0 Å². The molecule has 0 amide bonds. The molecule has 0 aliphatic carbocycles. The molecule has 0 saturated carbocycles. The number of para-hydroxylation sites is 1. The van der Waals surface area contributed by atoms with Gasteiger partial charge in [0.2, 0.25) is 0 Å². The van der Waals surface area contributed by atoms with E-state index < -0.39 is 0 Å². The van der Waals surface area contributed by atoms with E-state index in [2.05, 4.69) is 78.1 Å². The number of aryl methyl sites for hydroxylation is 2. The highest BCUT2D eigenvalue weighted by atomic mass is 79.9. The molecule has 0 spiro atoms. The van der Waals surface area contributed by atoms with Crippen LogP contribution in [0.15, 0.2) is 46.9 Å². The van der Waals surface area contributed by atoms with Crippen molar-refractivity contribution < 1.29 is 0 Å². The number of hydrogen-bond acceptors (Lipinski definition) is 1. The number of nitrogens with zero attached hydrogens (tertiary/aromatic N) is 1. The lowest BCUT2D eigenvalue weighted by Gasteiger charge is -2.21. The van der Waals surface area contributed by atoms with Gasteiger partial charge in [-0.2, -0.15) is 0 Å². The Morgan fingerprint density at radius 3 is 2.12 bits per heavy atom. The highest BCUT2D eigenvalue weighted by molar-refractivity contribution is 9.10. The van der Waals surface area contributed by atoms with Gasteiger partial charge in [0, 0.05) is 17.2 Å². The standard InChI is InChI=1S/C15H16BrN/c1-11-8-12(2)10-13(9-11)17(3)15-7-5-4-6-14(15)16/h4-10H,1-3H3. The van der Waals surface area contributed by atoms with Gasteiger partial charge in [0.1, 0.15) is 0 Å². The van der Waals surface area contributed by atoms with Gasteiger partial charge in [0.25, 0.3) is 0 Å². The average molecular weight is 290 g/mol. The molecule has 2 heteroatoms. The summed E-state index contributed by atoms with van der Waals surface area (Å²) < 4.78 is 1.11. The van der Waals surface area contributed by atoms with Crippen LogP contribution >= 0.6 is 15.9 Å². The Kier molecular flexibility index (Phi) is 3.53. The third kappa shape index (κ3) is 2.70. The predicted octanol–water partition coefficient (Wildman–Crippen LogP) is 4.83. The van der Waals surface area contributed by atoms with Crippen molar-refractivity contribution >= 4 is 27.3 Å². The third-order valence-electron chi connectivity index (χ3n) is 2.81. The van der Waals surface area contributed by atoms with E-state index in [0.717, 1.165) is 4.47 Å². The van der Waals surface area contributed by atoms with Gasteiger partial charge in [-0.15, -0.1) is 0 Å². The molecule has 2 aromatic rings. The normalized spacial score (nSPS) is 10.4. The second-order valence-electron chi connectivity index (χ2n) is 4.36. The van der Waals surface area contributed by atoms with Crippen LogP contribution in [0.3, 0.4) is 0 Å². The molecule has 0 heterocycles. The molecule has 1 nitrogen and oxygen atoms in total. The Morgan fingerprint density at radius 2 is 1.53 bits per heavy atom. The summed E-state index contributed by atoms with van der Waals surface area (Å²) in [5.41, 5.74) is 4.98. The molecule has 0 saturated heterocycles. The number of benzene rings is 2. The molecule has 0 fully saturated rings. The number of halogens is 1. The first kappa shape index (κ1) is 12.2. The summed E-state index contributed by atoms with van der Waals surface area (Å²) in [4.78, 5) is 2.20. The minimum absolute atomic E-state index is 1.11. The molecule has 0 aromatic heterocycles. The highest BCUT2D eigenvalue weighted by Crippen LogP contribution is 2.31. The zero-order valence-electron chi connectivity index (χ0n) is 10.4. The van der Waals surface area contributed by atoms with Crippen LogP contribution in [0.2, 0.25) is 0 Å². The maximum atomic E-state index is 3.59. The molecule has 2 aromatic carbocycles. The van der Waals surface area contributed by atoms with Crippen molar-refractivity contribution in [1.82, 2.24) is 0 Å². The van der Waals surface area contributed by atoms with Crippen LogP contribution in [0.5, 0.6) is 0 Å². The molecule has 0 atom stereocenters. The van der Waals surface area contributed by atoms with E-state index in [9.17, 15) is 0 Å². The van der Waals surface area contributed by atoms with Crippen LogP contribution in [-0.2, 0) is 0 Å². The molecule has 17 heavy (non-hydrogen) atoms. The van der Waals surface area contributed by atoms with Crippen molar-refractivity contribution in [2.24, 2.45) is 0 Å². The molecule has 0 bridgehead atoms. The van der Waals surface area contributed by atoms with Crippen molar-refractivity contribution in [3.8, 4) is 0 Å². The molecular weight excluding hydrogens is 274 g/mol. The van der Waals surface area contributed by atoms with Crippen LogP contribution < -0.4 is 4.90 Å². The van der Waals surface area contributed by atoms with Crippen LogP contribution in [-0.4, -0.2) is 7.05 Å². The van der Waals surface area contributed by atoms with E-state index in [1.807, 2.05) is 6.07 Å². The largest absolute Gasteiger partial charge is 0.344 e. The van der Waals surface area contributed by atoms with E-state index >= 15 is 0 Å². The minimum Gasteiger partial charge on any atom is -0.344 e. The second-order valence-corrected chi connectivity index (χ2v) is 5.21. The topological polar surface area (TPSA) is 3.24 Å². The summed E-state index contributed by atoms with van der Waals surface area (Å²) in [7, 11) is 2.09. The second kappa shape index (κ2) is 4.92. The van der Waals surface area contributed by atoms with E-state index in [1.54, 1.807) is 0 Å². The quantitative estimate of drug-likeness (QED) is 0.765. The molecule has 0 unspecified atom stereocenters. The van der Waals surface area contributed by atoms with Gasteiger partial charge in [-0.25, -0.2) is 0 Å². The van der Waals surface area contributed by atoms with Gasteiger partial charge in [-0.05, 0) is 65.2 Å². The number of anilines is 2. The average Bonchev–Trinajstić information content (AvgIpc) is 2.27. The summed E-state index contributed by atoms with van der Waals surface area (Å²) >= 11 is 3.59. The SMILES string of the molecule is Cc1cc(C)cc(N(C)c2ccccc2Br)c1. The van der Waals surface area contributed by atoms with Crippen LogP contribution in [0.25, 0.3) is 0 Å². The molecule has 88 valence electrons. The molecular formula is C15H16BrN. The summed E-state index contributed by atoms with van der Waals surface area (Å²) in [6.07, 6.45) is 0. The third-order valence-corrected chi connectivity index (χ3v) is 3.48. The Labute approximate surface area is 111 Å². The maximum absolute atomic E-state index is 3.59. The first-order valence-corrected chi connectivity index (χ1v) is 6.44. The molecule has 0 N–H and O–H groups in total. The molecule has 0 aliphatic rings. The van der Waals surface area contributed by atoms with Crippen molar-refractivity contribution in [1.29, 1.82) is 0 Å². The van der Waals surface area contributed by atoms with Gasteiger partial charge in [-0.1, -0.05) is 18.2 Å². The monoisotopic (exact) mass is 289 g/mol. The fourth-order valence-corrected chi connectivity index (χ4v) is 2.56. The first-order chi connectivity index (χ1) is 8.08. The van der Waals surface area contributed by atoms with Gasteiger partial charge in [0.05, 0.1) is 5.69 Å². The van der Waals surface area contributed by atoms with Crippen molar-refractivity contribution in [3.63, 3.8) is 0 Å². The molecule has 2 rings (SSSR count). The Bertz CT molecular complexity index is 514. The number of hydrogen-bond donors (Lipinski definition) is 0. The zero-order chi connectivity index (χ0) is 12.4. The number of rotatable bonds is 2. The Morgan fingerprint density at radius 1 is 0.941 bits per heavy atom. The smallest absolute Gasteiger partial charge is 0.0552 e. The maximum Gasteiger partial charge on any atom is 0.0552 e. The van der Waals surface area contributed by atoms with E-state index in [1.165, 1.54) is 22.5 Å². The Hall–Kier alpha value is -1.28. The summed E-state index contributed by atoms with van der Waals surface area (Å²) in [5.74, 6) is 0. The lowest BCUT2D eigenvalue weighted by molar-refractivity contribution is 1.18. The summed E-state index contributed by atoms with van der Waals surface area (Å²) in [6.45, 7) is 4.26. The van der Waals surface area contributed by atoms with Gasteiger partial charge in [-0.3, -0.25) is 0 Å². The van der Waals surface area contributed by atoms with Crippen LogP contribution in [0.1, 0.15) is 11.1 Å². The van der Waals surface area contributed by atoms with Gasteiger partial charge >= 0.3 is 0 Å². The molecule has 0 aliphatic heterocycles. The van der Waals surface area contributed by atoms with Crippen LogP contribution in [0, 0.1) is 13.8 Å². The highest BCUT2D eigenvalue weighted by Gasteiger charge is 2.07. The van der Waals surface area contributed by atoms with Crippen molar-refractivity contribution in [2.45, 2.75) is 13.8 Å². The fourth-order valence-electron chi connectivity index (χ4n) is 2.01. The summed E-state index contributed by atoms with van der Waals surface area (Å²) in [5, 5.41) is 0. The van der Waals surface area contributed by atoms with E-state index in [-0.39, 0.29) is 0 Å².